The fourth-order valence-corrected chi connectivity index (χ4v) is 4.47. The van der Waals surface area contributed by atoms with Gasteiger partial charge in [0.15, 0.2) is 6.10 Å². The highest BCUT2D eigenvalue weighted by molar-refractivity contribution is 7.98. The van der Waals surface area contributed by atoms with Gasteiger partial charge in [0, 0.05) is 28.6 Å². The molecule has 3 rings (SSSR count). The molecule has 0 bridgehead atoms. The van der Waals surface area contributed by atoms with Gasteiger partial charge in [-0.2, -0.15) is 11.8 Å². The van der Waals surface area contributed by atoms with E-state index >= 15 is 0 Å². The highest BCUT2D eigenvalue weighted by Gasteiger charge is 2.16. The zero-order valence-electron chi connectivity index (χ0n) is 16.0. The van der Waals surface area contributed by atoms with Gasteiger partial charge in [-0.1, -0.05) is 23.7 Å². The molecule has 0 radical (unpaired) electrons. The zero-order chi connectivity index (χ0) is 19.9. The summed E-state index contributed by atoms with van der Waals surface area (Å²) in [6.45, 7) is 2.24. The molecule has 0 aromatic heterocycles. The number of carbonyl (C=O) groups is 1. The SMILES string of the molecule is CC(Oc1ccc2c(c1)CCCC2)C(=O)NCCSCc1c(F)cccc1Cl. The molecule has 0 spiro atoms. The van der Waals surface area contributed by atoms with E-state index in [4.69, 9.17) is 16.3 Å². The van der Waals surface area contributed by atoms with Crippen molar-refractivity contribution in [3.63, 3.8) is 0 Å². The summed E-state index contributed by atoms with van der Waals surface area (Å²) in [6.07, 6.45) is 4.10. The third-order valence-corrected chi connectivity index (χ3v) is 6.20. The smallest absolute Gasteiger partial charge is 0.260 e. The van der Waals surface area contributed by atoms with Crippen molar-refractivity contribution < 1.29 is 13.9 Å². The number of amides is 1. The highest BCUT2D eigenvalue weighted by atomic mass is 35.5. The molecular weight excluding hydrogens is 397 g/mol. The Bertz CT molecular complexity index is 810. The number of halogens is 2. The number of hydrogen-bond acceptors (Lipinski definition) is 3. The van der Waals surface area contributed by atoms with Crippen molar-refractivity contribution in [1.82, 2.24) is 5.32 Å². The van der Waals surface area contributed by atoms with E-state index in [1.165, 1.54) is 41.8 Å². The first-order valence-corrected chi connectivity index (χ1v) is 11.1. The van der Waals surface area contributed by atoms with E-state index in [2.05, 4.69) is 17.4 Å². The number of aryl methyl sites for hydroxylation is 2. The molecule has 1 unspecified atom stereocenters. The Kier molecular flexibility index (Phi) is 7.63. The maximum absolute atomic E-state index is 13.7. The van der Waals surface area contributed by atoms with Crippen LogP contribution in [0.25, 0.3) is 0 Å². The number of ether oxygens (including phenoxy) is 1. The Morgan fingerprint density at radius 2 is 2.04 bits per heavy atom. The maximum atomic E-state index is 13.7. The standard InChI is InChI=1S/C22H25ClFNO2S/c1-15(27-18-10-9-16-5-2-3-6-17(16)13-18)22(26)25-11-12-28-14-19-20(23)7-4-8-21(19)24/h4,7-10,13,15H,2-3,5-6,11-12,14H2,1H3,(H,25,26). The lowest BCUT2D eigenvalue weighted by Crippen LogP contribution is -2.37. The fraction of sp³-hybridized carbons (Fsp3) is 0.409. The number of carbonyl (C=O) groups excluding carboxylic acids is 1. The second kappa shape index (κ2) is 10.2. The van der Waals surface area contributed by atoms with Crippen molar-refractivity contribution >= 4 is 29.3 Å². The summed E-state index contributed by atoms with van der Waals surface area (Å²) >= 11 is 7.54. The summed E-state index contributed by atoms with van der Waals surface area (Å²) in [5, 5.41) is 3.30. The van der Waals surface area contributed by atoms with Gasteiger partial charge in [-0.25, -0.2) is 4.39 Å². The molecule has 2 aromatic carbocycles. The quantitative estimate of drug-likeness (QED) is 0.597. The lowest BCUT2D eigenvalue weighted by atomic mass is 9.92. The van der Waals surface area contributed by atoms with Crippen molar-refractivity contribution in [2.24, 2.45) is 0 Å². The van der Waals surface area contributed by atoms with Gasteiger partial charge in [0.25, 0.3) is 5.91 Å². The fourth-order valence-electron chi connectivity index (χ4n) is 3.28. The Balaban J connectivity index is 1.40. The van der Waals surface area contributed by atoms with Crippen LogP contribution < -0.4 is 10.1 Å². The van der Waals surface area contributed by atoms with Crippen LogP contribution in [0.15, 0.2) is 36.4 Å². The van der Waals surface area contributed by atoms with E-state index in [1.807, 2.05) is 6.07 Å². The summed E-state index contributed by atoms with van der Waals surface area (Å²) in [5.41, 5.74) is 3.23. The average molecular weight is 422 g/mol. The van der Waals surface area contributed by atoms with E-state index in [1.54, 1.807) is 19.1 Å². The summed E-state index contributed by atoms with van der Waals surface area (Å²) in [4.78, 5) is 12.3. The first-order chi connectivity index (χ1) is 13.5. The van der Waals surface area contributed by atoms with Crippen LogP contribution in [0.2, 0.25) is 5.02 Å². The average Bonchev–Trinajstić information content (AvgIpc) is 2.69. The Labute approximate surface area is 175 Å². The monoisotopic (exact) mass is 421 g/mol. The molecule has 28 heavy (non-hydrogen) atoms. The van der Waals surface area contributed by atoms with Crippen molar-refractivity contribution in [3.8, 4) is 5.75 Å². The second-order valence-corrected chi connectivity index (χ2v) is 8.45. The largest absolute Gasteiger partial charge is 0.481 e. The lowest BCUT2D eigenvalue weighted by Gasteiger charge is -2.19. The predicted molar refractivity (Wildman–Crippen MR) is 114 cm³/mol. The lowest BCUT2D eigenvalue weighted by molar-refractivity contribution is -0.127. The van der Waals surface area contributed by atoms with Crippen LogP contribution in [-0.4, -0.2) is 24.3 Å². The molecule has 1 aliphatic rings. The van der Waals surface area contributed by atoms with Gasteiger partial charge in [0.1, 0.15) is 11.6 Å². The minimum Gasteiger partial charge on any atom is -0.481 e. The van der Waals surface area contributed by atoms with Gasteiger partial charge in [0.05, 0.1) is 0 Å². The number of benzene rings is 2. The minimum atomic E-state index is -0.562. The number of nitrogens with one attached hydrogen (secondary N) is 1. The minimum absolute atomic E-state index is 0.151. The van der Waals surface area contributed by atoms with Crippen LogP contribution >= 0.6 is 23.4 Å². The molecule has 1 atom stereocenters. The van der Waals surface area contributed by atoms with Crippen LogP contribution in [0.1, 0.15) is 36.5 Å². The van der Waals surface area contributed by atoms with Crippen LogP contribution in [-0.2, 0) is 23.4 Å². The van der Waals surface area contributed by atoms with Gasteiger partial charge >= 0.3 is 0 Å². The van der Waals surface area contributed by atoms with E-state index in [-0.39, 0.29) is 11.7 Å². The number of thioether (sulfide) groups is 1. The summed E-state index contributed by atoms with van der Waals surface area (Å²) in [5.74, 6) is 1.44. The molecule has 0 aliphatic heterocycles. The third kappa shape index (κ3) is 5.65. The third-order valence-electron chi connectivity index (χ3n) is 4.86. The number of rotatable bonds is 8. The van der Waals surface area contributed by atoms with Gasteiger partial charge in [-0.05, 0) is 68.0 Å². The molecule has 0 saturated carbocycles. The van der Waals surface area contributed by atoms with Crippen LogP contribution in [0, 0.1) is 5.82 Å². The van der Waals surface area contributed by atoms with E-state index < -0.39 is 6.10 Å². The maximum Gasteiger partial charge on any atom is 0.260 e. The molecule has 1 aliphatic carbocycles. The van der Waals surface area contributed by atoms with Crippen LogP contribution in [0.3, 0.4) is 0 Å². The van der Waals surface area contributed by atoms with Crippen molar-refractivity contribution in [1.29, 1.82) is 0 Å². The summed E-state index contributed by atoms with van der Waals surface area (Å²) < 4.78 is 19.5. The molecule has 1 amide bonds. The molecule has 3 nitrogen and oxygen atoms in total. The van der Waals surface area contributed by atoms with Gasteiger partial charge in [-0.3, -0.25) is 4.79 Å². The van der Waals surface area contributed by atoms with Gasteiger partial charge in [0.2, 0.25) is 0 Å². The van der Waals surface area contributed by atoms with E-state index in [9.17, 15) is 9.18 Å². The first-order valence-electron chi connectivity index (χ1n) is 9.61. The second-order valence-electron chi connectivity index (χ2n) is 6.94. The number of fused-ring (bicyclic) bond motifs is 1. The topological polar surface area (TPSA) is 38.3 Å². The molecular formula is C22H25ClFNO2S. The van der Waals surface area contributed by atoms with Crippen LogP contribution in [0.5, 0.6) is 5.75 Å². The van der Waals surface area contributed by atoms with E-state index in [0.29, 0.717) is 28.6 Å². The summed E-state index contributed by atoms with van der Waals surface area (Å²) in [7, 11) is 0. The molecule has 0 saturated heterocycles. The molecule has 2 aromatic rings. The Morgan fingerprint density at radius 1 is 1.25 bits per heavy atom. The first kappa shape index (κ1) is 21.0. The normalized spacial score (nSPS) is 14.2. The number of hydrogen-bond donors (Lipinski definition) is 1. The molecule has 0 heterocycles. The predicted octanol–water partition coefficient (Wildman–Crippen LogP) is 5.17. The van der Waals surface area contributed by atoms with E-state index in [0.717, 1.165) is 18.6 Å². The Hall–Kier alpha value is -1.72. The Morgan fingerprint density at radius 3 is 2.82 bits per heavy atom. The highest BCUT2D eigenvalue weighted by Crippen LogP contribution is 2.26. The molecule has 0 fully saturated rings. The van der Waals surface area contributed by atoms with Crippen LogP contribution in [0.4, 0.5) is 4.39 Å². The molecule has 150 valence electrons. The molecule has 1 N–H and O–H groups in total. The zero-order valence-corrected chi connectivity index (χ0v) is 17.5. The van der Waals surface area contributed by atoms with Crippen molar-refractivity contribution in [2.75, 3.05) is 12.3 Å². The van der Waals surface area contributed by atoms with Gasteiger partial charge in [-0.15, -0.1) is 0 Å². The van der Waals surface area contributed by atoms with Crippen molar-refractivity contribution in [2.45, 2.75) is 44.5 Å². The van der Waals surface area contributed by atoms with Gasteiger partial charge < -0.3 is 10.1 Å². The summed E-state index contributed by atoms with van der Waals surface area (Å²) in [6, 6.07) is 10.8. The van der Waals surface area contributed by atoms with Crippen molar-refractivity contribution in [3.05, 3.63) is 63.9 Å². The molecule has 6 heteroatoms.